The van der Waals surface area contributed by atoms with Gasteiger partial charge in [0.2, 0.25) is 0 Å². The molecule has 166 valence electrons. The molecule has 0 N–H and O–H groups in total. The van der Waals surface area contributed by atoms with E-state index in [0.29, 0.717) is 34.9 Å². The van der Waals surface area contributed by atoms with E-state index in [2.05, 4.69) is 4.98 Å². The van der Waals surface area contributed by atoms with Gasteiger partial charge in [0.15, 0.2) is 9.84 Å². The average Bonchev–Trinajstić information content (AvgIpc) is 3.26. The first-order valence-electron chi connectivity index (χ1n) is 10.3. The molecule has 32 heavy (non-hydrogen) atoms. The van der Waals surface area contributed by atoms with E-state index in [1.807, 2.05) is 48.7 Å². The Bertz CT molecular complexity index is 1410. The van der Waals surface area contributed by atoms with E-state index >= 15 is 0 Å². The van der Waals surface area contributed by atoms with Crippen molar-refractivity contribution in [1.82, 2.24) is 4.98 Å². The first kappa shape index (κ1) is 22.2. The van der Waals surface area contributed by atoms with Crippen LogP contribution in [0.4, 0.5) is 0 Å². The van der Waals surface area contributed by atoms with Gasteiger partial charge in [-0.2, -0.15) is 0 Å². The molecule has 2 aromatic carbocycles. The van der Waals surface area contributed by atoms with Crippen LogP contribution in [0, 0.1) is 6.92 Å². The first-order chi connectivity index (χ1) is 15.3. The van der Waals surface area contributed by atoms with Crippen LogP contribution in [0.25, 0.3) is 11.0 Å². The summed E-state index contributed by atoms with van der Waals surface area (Å²) in [6.45, 7) is 3.56. The highest BCUT2D eigenvalue weighted by molar-refractivity contribution is 7.90. The Morgan fingerprint density at radius 1 is 1.09 bits per heavy atom. The molecule has 0 atom stereocenters. The van der Waals surface area contributed by atoms with Crippen molar-refractivity contribution in [3.8, 4) is 10.9 Å². The highest BCUT2D eigenvalue weighted by Gasteiger charge is 2.14. The first-order valence-corrected chi connectivity index (χ1v) is 13.0. The van der Waals surface area contributed by atoms with Crippen LogP contribution in [-0.2, 0) is 28.4 Å². The Morgan fingerprint density at radius 2 is 1.91 bits per heavy atom. The number of aromatic nitrogens is 1. The summed E-state index contributed by atoms with van der Waals surface area (Å²) in [5.74, 6) is 0.701. The quantitative estimate of drug-likeness (QED) is 0.335. The van der Waals surface area contributed by atoms with Gasteiger partial charge in [-0.05, 0) is 48.6 Å². The second-order valence-corrected chi connectivity index (χ2v) is 10.8. The predicted molar refractivity (Wildman–Crippen MR) is 126 cm³/mol. The van der Waals surface area contributed by atoms with E-state index in [9.17, 15) is 13.2 Å². The Balaban J connectivity index is 1.55. The number of aryl methyl sites for hydroxylation is 2. The van der Waals surface area contributed by atoms with Crippen molar-refractivity contribution in [2.24, 2.45) is 0 Å². The normalized spacial score (nSPS) is 11.7. The highest BCUT2D eigenvalue weighted by Crippen LogP contribution is 2.28. The van der Waals surface area contributed by atoms with Gasteiger partial charge in [-0.25, -0.2) is 18.2 Å². The third-order valence-electron chi connectivity index (χ3n) is 5.36. The Kier molecular flexibility index (Phi) is 6.43. The molecule has 0 radical (unpaired) electrons. The monoisotopic (exact) mass is 469 g/mol. The zero-order chi connectivity index (χ0) is 22.7. The zero-order valence-corrected chi connectivity index (χ0v) is 19.5. The maximum Gasteiger partial charge on any atom is 0.339 e. The molecule has 0 unspecified atom stereocenters. The maximum absolute atomic E-state index is 12.7. The molecule has 2 heterocycles. The Labute approximate surface area is 190 Å². The maximum atomic E-state index is 12.7. The molecule has 0 bridgehead atoms. The molecule has 8 heteroatoms. The smallest absolute Gasteiger partial charge is 0.339 e. The van der Waals surface area contributed by atoms with Crippen molar-refractivity contribution in [3.63, 3.8) is 0 Å². The number of hydrogen-bond acceptors (Lipinski definition) is 7. The summed E-state index contributed by atoms with van der Waals surface area (Å²) in [7, 11) is -3.09. The summed E-state index contributed by atoms with van der Waals surface area (Å²) in [4.78, 5) is 16.8. The van der Waals surface area contributed by atoms with Crippen molar-refractivity contribution in [2.45, 2.75) is 32.4 Å². The van der Waals surface area contributed by atoms with Gasteiger partial charge in [0.25, 0.3) is 5.19 Å². The summed E-state index contributed by atoms with van der Waals surface area (Å²) >= 11 is 1.38. The lowest BCUT2D eigenvalue weighted by atomic mass is 9.99. The molecule has 0 fully saturated rings. The van der Waals surface area contributed by atoms with E-state index in [1.54, 1.807) is 19.2 Å². The summed E-state index contributed by atoms with van der Waals surface area (Å²) in [6, 6.07) is 12.9. The minimum Gasteiger partial charge on any atom is -0.431 e. The molecule has 6 nitrogen and oxygen atoms in total. The lowest BCUT2D eigenvalue weighted by Gasteiger charge is -2.10. The molecule has 0 spiro atoms. The van der Waals surface area contributed by atoms with E-state index in [1.165, 1.54) is 11.3 Å². The molecule has 4 rings (SSSR count). The molecule has 0 saturated carbocycles. The van der Waals surface area contributed by atoms with Crippen LogP contribution in [0.5, 0.6) is 10.9 Å². The fraction of sp³-hybridized carbons (Fsp3) is 0.250. The summed E-state index contributed by atoms with van der Waals surface area (Å²) < 4.78 is 35.1. The van der Waals surface area contributed by atoms with Crippen molar-refractivity contribution in [3.05, 3.63) is 86.7 Å². The second kappa shape index (κ2) is 9.26. The highest BCUT2D eigenvalue weighted by atomic mass is 32.2. The molecule has 0 aliphatic heterocycles. The van der Waals surface area contributed by atoms with Crippen molar-refractivity contribution in [1.29, 1.82) is 0 Å². The van der Waals surface area contributed by atoms with Crippen LogP contribution >= 0.6 is 11.3 Å². The lowest BCUT2D eigenvalue weighted by molar-refractivity contribution is 0.476. The van der Waals surface area contributed by atoms with Crippen LogP contribution in [0.15, 0.2) is 63.3 Å². The van der Waals surface area contributed by atoms with Gasteiger partial charge in [-0.15, -0.1) is 0 Å². The number of hydrogen-bond donors (Lipinski definition) is 0. The van der Waals surface area contributed by atoms with Gasteiger partial charge in [0.1, 0.15) is 11.3 Å². The standard InChI is InChI=1S/C24H23NO5S2/c1-3-32(27,28)15-18-6-4-5-17(13-18)7-9-21-16(2)20-10-8-19(14-22(20)30-23(21)26)29-24-25-11-12-31-24/h4-6,8,10-14H,3,7,9,15H2,1-2H3. The fourth-order valence-corrected chi connectivity index (χ4v) is 4.98. The topological polar surface area (TPSA) is 86.5 Å². The number of fused-ring (bicyclic) bond motifs is 1. The van der Waals surface area contributed by atoms with Crippen molar-refractivity contribution in [2.75, 3.05) is 5.75 Å². The average molecular weight is 470 g/mol. The van der Waals surface area contributed by atoms with Crippen molar-refractivity contribution < 1.29 is 17.6 Å². The molecule has 2 aromatic heterocycles. The van der Waals surface area contributed by atoms with Gasteiger partial charge in [-0.1, -0.05) is 42.5 Å². The molecule has 4 aromatic rings. The second-order valence-electron chi connectivity index (χ2n) is 7.55. The molecule has 0 aliphatic rings. The van der Waals surface area contributed by atoms with E-state index in [4.69, 9.17) is 9.15 Å². The van der Waals surface area contributed by atoms with Crippen LogP contribution in [-0.4, -0.2) is 19.2 Å². The lowest BCUT2D eigenvalue weighted by Crippen LogP contribution is -2.12. The van der Waals surface area contributed by atoms with E-state index in [0.717, 1.165) is 22.1 Å². The van der Waals surface area contributed by atoms with Gasteiger partial charge in [0.05, 0.1) is 5.75 Å². The van der Waals surface area contributed by atoms with Crippen LogP contribution in [0.3, 0.4) is 0 Å². The van der Waals surface area contributed by atoms with Gasteiger partial charge in [0, 0.05) is 34.3 Å². The molecule has 0 saturated heterocycles. The summed E-state index contributed by atoms with van der Waals surface area (Å²) in [5.41, 5.74) is 3.35. The SMILES string of the molecule is CCS(=O)(=O)Cc1cccc(CCc2c(C)c3ccc(Oc4nccs4)cc3oc2=O)c1. The Hall–Kier alpha value is -2.97. The van der Waals surface area contributed by atoms with E-state index < -0.39 is 9.84 Å². The molecular formula is C24H23NO5S2. The largest absolute Gasteiger partial charge is 0.431 e. The van der Waals surface area contributed by atoms with Crippen LogP contribution < -0.4 is 10.4 Å². The number of thiazole rings is 1. The predicted octanol–water partition coefficient (Wildman–Crippen LogP) is 5.07. The van der Waals surface area contributed by atoms with Gasteiger partial charge >= 0.3 is 5.63 Å². The van der Waals surface area contributed by atoms with Crippen LogP contribution in [0.2, 0.25) is 0 Å². The fourth-order valence-electron chi connectivity index (χ4n) is 3.59. The number of nitrogens with zero attached hydrogens (tertiary/aromatic N) is 1. The third-order valence-corrected chi connectivity index (χ3v) is 7.66. The molecular weight excluding hydrogens is 446 g/mol. The zero-order valence-electron chi connectivity index (χ0n) is 17.8. The van der Waals surface area contributed by atoms with Gasteiger partial charge < -0.3 is 9.15 Å². The van der Waals surface area contributed by atoms with E-state index in [-0.39, 0.29) is 17.1 Å². The van der Waals surface area contributed by atoms with Gasteiger partial charge in [-0.3, -0.25) is 0 Å². The summed E-state index contributed by atoms with van der Waals surface area (Å²) in [5, 5.41) is 3.20. The number of sulfone groups is 1. The third kappa shape index (κ3) is 5.08. The van der Waals surface area contributed by atoms with Crippen molar-refractivity contribution >= 4 is 32.1 Å². The number of benzene rings is 2. The number of ether oxygens (including phenoxy) is 1. The number of rotatable bonds is 8. The minimum absolute atomic E-state index is 0.0277. The Morgan fingerprint density at radius 3 is 2.66 bits per heavy atom. The minimum atomic E-state index is -3.09. The molecule has 0 amide bonds. The molecule has 0 aliphatic carbocycles. The summed E-state index contributed by atoms with van der Waals surface area (Å²) in [6.07, 6.45) is 2.78. The van der Waals surface area contributed by atoms with Crippen LogP contribution in [0.1, 0.15) is 29.2 Å².